The summed E-state index contributed by atoms with van der Waals surface area (Å²) < 4.78 is 0. The summed E-state index contributed by atoms with van der Waals surface area (Å²) in [4.78, 5) is 11.9. The van der Waals surface area contributed by atoms with E-state index >= 15 is 0 Å². The van der Waals surface area contributed by atoms with Gasteiger partial charge in [0.25, 0.3) is 0 Å². The average Bonchev–Trinajstić information content (AvgIpc) is 2.96. The molecule has 0 aromatic heterocycles. The Morgan fingerprint density at radius 2 is 0.780 bits per heavy atom. The normalized spacial score (nSPS) is 12.7. The van der Waals surface area contributed by atoms with E-state index in [9.17, 15) is 9.90 Å². The maximum absolute atomic E-state index is 11.9. The molecular formula is C38H69NO2. The van der Waals surface area contributed by atoms with E-state index in [4.69, 9.17) is 5.73 Å². The summed E-state index contributed by atoms with van der Waals surface area (Å²) >= 11 is 0. The molecule has 3 N–H and O–H groups in total. The van der Waals surface area contributed by atoms with Gasteiger partial charge in [0, 0.05) is 0 Å². The van der Waals surface area contributed by atoms with E-state index in [1.54, 1.807) is 0 Å². The highest BCUT2D eigenvalue weighted by Crippen LogP contribution is 2.22. The molecule has 0 spiro atoms. The highest BCUT2D eigenvalue weighted by atomic mass is 16.4. The molecule has 3 heteroatoms. The van der Waals surface area contributed by atoms with Crippen molar-refractivity contribution in [1.29, 1.82) is 0 Å². The Bertz CT molecular complexity index is 628. The molecule has 0 unspecified atom stereocenters. The van der Waals surface area contributed by atoms with Gasteiger partial charge in [-0.1, -0.05) is 152 Å². The van der Waals surface area contributed by atoms with Crippen molar-refractivity contribution in [3.8, 4) is 0 Å². The number of rotatable bonds is 31. The third-order valence-corrected chi connectivity index (χ3v) is 8.07. The minimum absolute atomic E-state index is 0.608. The highest BCUT2D eigenvalue weighted by Gasteiger charge is 2.32. The molecule has 0 aromatic rings. The maximum atomic E-state index is 11.9. The highest BCUT2D eigenvalue weighted by molar-refractivity contribution is 5.78. The number of hydrogen-bond donors (Lipinski definition) is 2. The lowest BCUT2D eigenvalue weighted by molar-refractivity contribution is -0.144. The Kier molecular flexibility index (Phi) is 30.1. The van der Waals surface area contributed by atoms with E-state index in [-0.39, 0.29) is 0 Å². The Morgan fingerprint density at radius 1 is 0.488 bits per heavy atom. The van der Waals surface area contributed by atoms with E-state index in [2.05, 4.69) is 62.5 Å². The molecule has 0 heterocycles. The molecule has 0 atom stereocenters. The molecule has 0 aliphatic heterocycles. The predicted molar refractivity (Wildman–Crippen MR) is 183 cm³/mol. The van der Waals surface area contributed by atoms with Crippen LogP contribution in [0.3, 0.4) is 0 Å². The molecule has 0 amide bonds. The van der Waals surface area contributed by atoms with E-state index in [0.717, 1.165) is 38.5 Å². The van der Waals surface area contributed by atoms with Gasteiger partial charge in [-0.05, 0) is 77.0 Å². The second-order valence-corrected chi connectivity index (χ2v) is 12.1. The largest absolute Gasteiger partial charge is 0.480 e. The van der Waals surface area contributed by atoms with Crippen LogP contribution in [0.15, 0.2) is 48.6 Å². The third kappa shape index (κ3) is 28.3. The number of nitrogens with two attached hydrogens (primary N) is 1. The number of carbonyl (C=O) groups is 1. The maximum Gasteiger partial charge on any atom is 0.323 e. The van der Waals surface area contributed by atoms with Gasteiger partial charge >= 0.3 is 5.97 Å². The van der Waals surface area contributed by atoms with Crippen LogP contribution in [0.25, 0.3) is 0 Å². The van der Waals surface area contributed by atoms with Crippen molar-refractivity contribution in [2.45, 2.75) is 186 Å². The first kappa shape index (κ1) is 39.4. The average molecular weight is 572 g/mol. The number of aliphatic carboxylic acids is 1. The number of unbranched alkanes of at least 4 members (excludes halogenated alkanes) is 18. The van der Waals surface area contributed by atoms with Crippen LogP contribution < -0.4 is 5.73 Å². The Morgan fingerprint density at radius 3 is 1.10 bits per heavy atom. The fourth-order valence-electron chi connectivity index (χ4n) is 5.20. The molecule has 0 aliphatic carbocycles. The molecule has 3 nitrogen and oxygen atoms in total. The van der Waals surface area contributed by atoms with Crippen LogP contribution in [0.2, 0.25) is 0 Å². The zero-order valence-corrected chi connectivity index (χ0v) is 27.4. The quantitative estimate of drug-likeness (QED) is 0.0642. The van der Waals surface area contributed by atoms with Crippen molar-refractivity contribution in [3.63, 3.8) is 0 Å². The predicted octanol–water partition coefficient (Wildman–Crippen LogP) is 12.2. The first-order valence-electron chi connectivity index (χ1n) is 17.7. The minimum Gasteiger partial charge on any atom is -0.480 e. The van der Waals surface area contributed by atoms with Gasteiger partial charge in [0.2, 0.25) is 0 Å². The molecule has 41 heavy (non-hydrogen) atoms. The van der Waals surface area contributed by atoms with Gasteiger partial charge in [0.05, 0.1) is 0 Å². The topological polar surface area (TPSA) is 63.3 Å². The molecule has 0 saturated carbocycles. The minimum atomic E-state index is -1.04. The summed E-state index contributed by atoms with van der Waals surface area (Å²) in [5.74, 6) is -0.817. The zero-order chi connectivity index (χ0) is 30.1. The number of carboxylic acid groups (broad SMARTS) is 1. The Labute approximate surface area is 256 Å². The van der Waals surface area contributed by atoms with Gasteiger partial charge in [0.1, 0.15) is 5.54 Å². The molecule has 238 valence electrons. The number of hydrogen-bond acceptors (Lipinski definition) is 2. The van der Waals surface area contributed by atoms with Crippen molar-refractivity contribution < 1.29 is 9.90 Å². The molecule has 0 fully saturated rings. The monoisotopic (exact) mass is 572 g/mol. The first-order chi connectivity index (χ1) is 20.1. The Balaban J connectivity index is 3.68. The van der Waals surface area contributed by atoms with E-state index < -0.39 is 11.5 Å². The second-order valence-electron chi connectivity index (χ2n) is 12.1. The van der Waals surface area contributed by atoms with Crippen molar-refractivity contribution in [2.24, 2.45) is 5.73 Å². The first-order valence-corrected chi connectivity index (χ1v) is 17.7. The third-order valence-electron chi connectivity index (χ3n) is 8.07. The standard InChI is InChI=1S/C38H69NO2/c1-3-5-7-9-11-13-15-17-19-21-23-25-27-29-31-33-35-38(39,37(40)41)36-34-32-30-28-26-24-22-20-18-16-14-12-10-8-6-4-2/h11-14,17-20H,3-10,15-16,21-36,39H2,1-2H3,(H,40,41)/b13-11-,14-12-,19-17-,20-18-. The lowest BCUT2D eigenvalue weighted by Gasteiger charge is -2.24. The summed E-state index contributed by atoms with van der Waals surface area (Å²) in [6, 6.07) is 0. The number of allylic oxidation sites excluding steroid dienone is 8. The van der Waals surface area contributed by atoms with Crippen LogP contribution in [-0.4, -0.2) is 16.6 Å². The fraction of sp³-hybridized carbons (Fsp3) is 0.763. The second kappa shape index (κ2) is 31.3. The van der Waals surface area contributed by atoms with Crippen molar-refractivity contribution in [3.05, 3.63) is 48.6 Å². The molecule has 0 saturated heterocycles. The van der Waals surface area contributed by atoms with Crippen LogP contribution in [0.5, 0.6) is 0 Å². The van der Waals surface area contributed by atoms with Crippen molar-refractivity contribution in [2.75, 3.05) is 0 Å². The molecule has 0 rings (SSSR count). The molecule has 0 bridgehead atoms. The van der Waals surface area contributed by atoms with Gasteiger partial charge in [-0.15, -0.1) is 0 Å². The molecular weight excluding hydrogens is 502 g/mol. The Hall–Kier alpha value is -1.61. The lowest BCUT2D eigenvalue weighted by atomic mass is 9.87. The number of carboxylic acids is 1. The van der Waals surface area contributed by atoms with Crippen LogP contribution in [-0.2, 0) is 4.79 Å². The van der Waals surface area contributed by atoms with E-state index in [0.29, 0.717) is 12.8 Å². The van der Waals surface area contributed by atoms with Gasteiger partial charge in [-0.25, -0.2) is 0 Å². The van der Waals surface area contributed by atoms with E-state index in [1.165, 1.54) is 116 Å². The fourth-order valence-corrected chi connectivity index (χ4v) is 5.20. The van der Waals surface area contributed by atoms with Crippen molar-refractivity contribution in [1.82, 2.24) is 0 Å². The molecule has 0 aromatic carbocycles. The SMILES string of the molecule is CCCCC/C=C\C/C=C\CCCCCCCCC(N)(CCCCCCCC/C=C\C/C=C\CCCCC)C(=O)O. The summed E-state index contributed by atoms with van der Waals surface area (Å²) in [6.45, 7) is 4.49. The van der Waals surface area contributed by atoms with Crippen LogP contribution in [0.1, 0.15) is 181 Å². The van der Waals surface area contributed by atoms with Gasteiger partial charge < -0.3 is 10.8 Å². The summed E-state index contributed by atoms with van der Waals surface area (Å²) in [6.07, 6.45) is 48.3. The zero-order valence-electron chi connectivity index (χ0n) is 27.4. The molecule has 0 aliphatic rings. The van der Waals surface area contributed by atoms with E-state index in [1.807, 2.05) is 0 Å². The van der Waals surface area contributed by atoms with Crippen LogP contribution >= 0.6 is 0 Å². The summed E-state index contributed by atoms with van der Waals surface area (Å²) in [5, 5.41) is 9.74. The van der Waals surface area contributed by atoms with Gasteiger partial charge in [0.15, 0.2) is 0 Å². The summed E-state index contributed by atoms with van der Waals surface area (Å²) in [7, 11) is 0. The lowest BCUT2D eigenvalue weighted by Crippen LogP contribution is -2.47. The van der Waals surface area contributed by atoms with Crippen LogP contribution in [0, 0.1) is 0 Å². The van der Waals surface area contributed by atoms with Crippen molar-refractivity contribution >= 4 is 5.97 Å². The smallest absolute Gasteiger partial charge is 0.323 e. The summed E-state index contributed by atoms with van der Waals surface area (Å²) in [5.41, 5.74) is 5.30. The molecule has 0 radical (unpaired) electrons. The van der Waals surface area contributed by atoms with Gasteiger partial charge in [-0.2, -0.15) is 0 Å². The van der Waals surface area contributed by atoms with Gasteiger partial charge in [-0.3, -0.25) is 4.79 Å². The van der Waals surface area contributed by atoms with Crippen LogP contribution in [0.4, 0.5) is 0 Å².